The van der Waals surface area contributed by atoms with Gasteiger partial charge in [-0.3, -0.25) is 4.79 Å². The van der Waals surface area contributed by atoms with E-state index < -0.39 is 5.97 Å². The molecule has 21 heavy (non-hydrogen) atoms. The molecule has 110 valence electrons. The normalized spacial score (nSPS) is 13.6. The summed E-state index contributed by atoms with van der Waals surface area (Å²) in [7, 11) is 1.34. The molecule has 9 heteroatoms. The molecule has 3 rings (SSSR count). The van der Waals surface area contributed by atoms with E-state index in [2.05, 4.69) is 19.4 Å². The molecule has 0 spiro atoms. The van der Waals surface area contributed by atoms with Gasteiger partial charge in [-0.1, -0.05) is 0 Å². The third-order valence-electron chi connectivity index (χ3n) is 3.14. The maximum absolute atomic E-state index is 12.1. The van der Waals surface area contributed by atoms with E-state index >= 15 is 0 Å². The summed E-state index contributed by atoms with van der Waals surface area (Å²) in [4.78, 5) is 25.2. The van der Waals surface area contributed by atoms with Crippen LogP contribution in [0.1, 0.15) is 31.3 Å². The second-order valence-electron chi connectivity index (χ2n) is 4.37. The number of nitrogens with one attached hydrogen (secondary N) is 2. The molecule has 0 fully saturated rings. The van der Waals surface area contributed by atoms with Gasteiger partial charge in [-0.05, 0) is 18.5 Å². The van der Waals surface area contributed by atoms with Crippen LogP contribution in [0.2, 0.25) is 0 Å². The lowest BCUT2D eigenvalue weighted by Gasteiger charge is -2.13. The van der Waals surface area contributed by atoms with Crippen LogP contribution in [0, 0.1) is 0 Å². The number of hydrogen-bond acceptors (Lipinski definition) is 8. The number of hydrogen-bond donors (Lipinski definition) is 2. The number of amides is 1. The minimum atomic E-state index is -0.430. The molecule has 1 aliphatic heterocycles. The highest BCUT2D eigenvalue weighted by Gasteiger charge is 2.27. The van der Waals surface area contributed by atoms with Gasteiger partial charge in [0, 0.05) is 11.4 Å². The molecule has 1 amide bonds. The van der Waals surface area contributed by atoms with E-state index in [0.29, 0.717) is 17.1 Å². The molecule has 7 nitrogen and oxygen atoms in total. The predicted octanol–water partition coefficient (Wildman–Crippen LogP) is 1.28. The number of nitrogens with zero attached hydrogens (tertiary/aromatic N) is 2. The van der Waals surface area contributed by atoms with E-state index in [1.54, 1.807) is 0 Å². The molecule has 0 aromatic carbocycles. The molecular formula is C12H12N4O3S2. The van der Waals surface area contributed by atoms with E-state index in [-0.39, 0.29) is 11.6 Å². The largest absolute Gasteiger partial charge is 0.465 e. The molecule has 3 heterocycles. The van der Waals surface area contributed by atoms with Crippen molar-refractivity contribution >= 4 is 39.9 Å². The zero-order valence-corrected chi connectivity index (χ0v) is 12.8. The van der Waals surface area contributed by atoms with Crippen LogP contribution in [0.25, 0.3) is 0 Å². The second kappa shape index (κ2) is 5.88. The summed E-state index contributed by atoms with van der Waals surface area (Å²) in [6.45, 7) is 1.50. The molecule has 0 radical (unpaired) electrons. The quantitative estimate of drug-likeness (QED) is 0.826. The van der Waals surface area contributed by atoms with Gasteiger partial charge >= 0.3 is 5.97 Å². The Balaban J connectivity index is 1.95. The summed E-state index contributed by atoms with van der Waals surface area (Å²) in [5, 5.41) is 6.49. The van der Waals surface area contributed by atoms with Gasteiger partial charge in [0.1, 0.15) is 5.00 Å². The number of methoxy groups -OCH3 is 1. The Bertz CT molecular complexity index is 681. The van der Waals surface area contributed by atoms with Crippen molar-refractivity contribution in [3.63, 3.8) is 0 Å². The smallest absolute Gasteiger partial charge is 0.341 e. The fourth-order valence-corrected chi connectivity index (χ4v) is 3.79. The minimum absolute atomic E-state index is 0.236. The van der Waals surface area contributed by atoms with E-state index in [0.717, 1.165) is 35.1 Å². The summed E-state index contributed by atoms with van der Waals surface area (Å²) in [5.41, 5.74) is 1.65. The number of rotatable bonds is 3. The van der Waals surface area contributed by atoms with Crippen molar-refractivity contribution in [2.75, 3.05) is 19.0 Å². The first-order valence-corrected chi connectivity index (χ1v) is 7.78. The Morgan fingerprint density at radius 2 is 2.33 bits per heavy atom. The number of esters is 1. The third-order valence-corrected chi connectivity index (χ3v) is 4.76. The standard InChI is InChI=1S/C12H12N4O3S2/c1-19-12(18)9-6-2-3-13-5-8(6)20-11(9)15-10(17)7-4-14-21-16-7/h4,13H,2-3,5H2,1H3,(H,15,17). The summed E-state index contributed by atoms with van der Waals surface area (Å²) in [5.74, 6) is -0.804. The second-order valence-corrected chi connectivity index (χ2v) is 6.03. The molecule has 1 aliphatic rings. The Kier molecular flexibility index (Phi) is 3.95. The molecule has 2 N–H and O–H groups in total. The van der Waals surface area contributed by atoms with E-state index in [1.165, 1.54) is 24.6 Å². The van der Waals surface area contributed by atoms with Crippen molar-refractivity contribution in [1.82, 2.24) is 14.1 Å². The van der Waals surface area contributed by atoms with Crippen LogP contribution in [0.3, 0.4) is 0 Å². The van der Waals surface area contributed by atoms with Gasteiger partial charge in [0.05, 0.1) is 30.6 Å². The molecule has 0 saturated heterocycles. The Labute approximate surface area is 128 Å². The van der Waals surface area contributed by atoms with Crippen LogP contribution >= 0.6 is 23.1 Å². The first-order valence-electron chi connectivity index (χ1n) is 6.23. The van der Waals surface area contributed by atoms with Crippen LogP contribution in [-0.2, 0) is 17.7 Å². The Hall–Kier alpha value is -1.84. The van der Waals surface area contributed by atoms with Crippen molar-refractivity contribution in [1.29, 1.82) is 0 Å². The fraction of sp³-hybridized carbons (Fsp3) is 0.333. The number of carbonyl (C=O) groups is 2. The van der Waals surface area contributed by atoms with Crippen LogP contribution in [0.15, 0.2) is 6.20 Å². The molecule has 0 saturated carbocycles. The molecular weight excluding hydrogens is 312 g/mol. The van der Waals surface area contributed by atoms with Crippen LogP contribution in [0.4, 0.5) is 5.00 Å². The number of fused-ring (bicyclic) bond motifs is 1. The molecule has 0 atom stereocenters. The number of ether oxygens (including phenoxy) is 1. The van der Waals surface area contributed by atoms with Gasteiger partial charge in [0.25, 0.3) is 5.91 Å². The fourth-order valence-electron chi connectivity index (χ4n) is 2.17. The molecule has 2 aromatic heterocycles. The molecule has 0 aliphatic carbocycles. The predicted molar refractivity (Wildman–Crippen MR) is 78.9 cm³/mol. The molecule has 2 aromatic rings. The first-order chi connectivity index (χ1) is 10.2. The van der Waals surface area contributed by atoms with Crippen molar-refractivity contribution < 1.29 is 14.3 Å². The Morgan fingerprint density at radius 3 is 3.05 bits per heavy atom. The van der Waals surface area contributed by atoms with Crippen molar-refractivity contribution in [3.8, 4) is 0 Å². The van der Waals surface area contributed by atoms with Gasteiger partial charge in [-0.25, -0.2) is 4.79 Å². The number of carbonyl (C=O) groups excluding carboxylic acids is 2. The highest BCUT2D eigenvalue weighted by atomic mass is 32.1. The van der Waals surface area contributed by atoms with Crippen molar-refractivity contribution in [3.05, 3.63) is 27.9 Å². The van der Waals surface area contributed by atoms with Crippen LogP contribution in [0.5, 0.6) is 0 Å². The van der Waals surface area contributed by atoms with Crippen LogP contribution < -0.4 is 10.6 Å². The SMILES string of the molecule is COC(=O)c1c(NC(=O)c2cnsn2)sc2c1CCNC2. The number of anilines is 1. The zero-order chi connectivity index (χ0) is 14.8. The van der Waals surface area contributed by atoms with E-state index in [1.807, 2.05) is 0 Å². The van der Waals surface area contributed by atoms with Gasteiger partial charge in [-0.15, -0.1) is 11.3 Å². The summed E-state index contributed by atoms with van der Waals surface area (Å²) < 4.78 is 12.5. The lowest BCUT2D eigenvalue weighted by molar-refractivity contribution is 0.0601. The topological polar surface area (TPSA) is 93.2 Å². The van der Waals surface area contributed by atoms with E-state index in [9.17, 15) is 9.59 Å². The lowest BCUT2D eigenvalue weighted by atomic mass is 10.0. The first kappa shape index (κ1) is 14.1. The molecule has 0 bridgehead atoms. The monoisotopic (exact) mass is 324 g/mol. The molecule has 0 unspecified atom stereocenters. The average Bonchev–Trinajstić information content (AvgIpc) is 3.13. The van der Waals surface area contributed by atoms with Crippen LogP contribution in [-0.4, -0.2) is 34.3 Å². The third kappa shape index (κ3) is 2.67. The maximum Gasteiger partial charge on any atom is 0.341 e. The highest BCUT2D eigenvalue weighted by molar-refractivity contribution is 7.17. The summed E-state index contributed by atoms with van der Waals surface area (Å²) >= 11 is 2.35. The summed E-state index contributed by atoms with van der Waals surface area (Å²) in [6, 6.07) is 0. The number of thiophene rings is 1. The van der Waals surface area contributed by atoms with Crippen molar-refractivity contribution in [2.45, 2.75) is 13.0 Å². The van der Waals surface area contributed by atoms with Crippen molar-refractivity contribution in [2.24, 2.45) is 0 Å². The summed E-state index contributed by atoms with van der Waals surface area (Å²) in [6.07, 6.45) is 2.14. The van der Waals surface area contributed by atoms with Gasteiger partial charge < -0.3 is 15.4 Å². The highest BCUT2D eigenvalue weighted by Crippen LogP contribution is 2.36. The van der Waals surface area contributed by atoms with Gasteiger partial charge in [0.15, 0.2) is 5.69 Å². The van der Waals surface area contributed by atoms with Gasteiger partial charge in [0.2, 0.25) is 0 Å². The van der Waals surface area contributed by atoms with E-state index in [4.69, 9.17) is 4.74 Å². The zero-order valence-electron chi connectivity index (χ0n) is 11.1. The lowest BCUT2D eigenvalue weighted by Crippen LogP contribution is -2.23. The average molecular weight is 324 g/mol. The van der Waals surface area contributed by atoms with Gasteiger partial charge in [-0.2, -0.15) is 8.75 Å². The minimum Gasteiger partial charge on any atom is -0.465 e. The number of aromatic nitrogens is 2. The maximum atomic E-state index is 12.1. The Morgan fingerprint density at radius 1 is 1.48 bits per heavy atom.